The Kier molecular flexibility index (Phi) is 5.22. The van der Waals surface area contributed by atoms with Crippen molar-refractivity contribution in [3.63, 3.8) is 0 Å². The SMILES string of the molecule is COc1ccc(C(=O)Nc2ccc(Cl)cc2C)cc1S(=O)(=O)NC1CC1. The standard InChI is InChI=1S/C18H19ClN2O4S/c1-11-9-13(19)4-7-15(11)20-18(22)12-3-8-16(25-2)17(10-12)26(23,24)21-14-5-6-14/h3-4,7-10,14,21H,5-6H2,1-2H3,(H,20,22). The van der Waals surface area contributed by atoms with Crippen LogP contribution in [-0.4, -0.2) is 27.5 Å². The number of ether oxygens (including phenoxy) is 1. The molecule has 1 amide bonds. The molecular formula is C18H19ClN2O4S. The summed E-state index contributed by atoms with van der Waals surface area (Å²) in [7, 11) is -2.36. The second-order valence-corrected chi connectivity index (χ2v) is 8.29. The summed E-state index contributed by atoms with van der Waals surface area (Å²) in [5, 5.41) is 3.34. The van der Waals surface area contributed by atoms with Crippen LogP contribution in [0.5, 0.6) is 5.75 Å². The molecule has 6 nitrogen and oxygen atoms in total. The lowest BCUT2D eigenvalue weighted by molar-refractivity contribution is 0.102. The van der Waals surface area contributed by atoms with Gasteiger partial charge in [-0.3, -0.25) is 4.79 Å². The first-order chi connectivity index (χ1) is 12.3. The Labute approximate surface area is 157 Å². The molecule has 0 bridgehead atoms. The number of rotatable bonds is 6. The first-order valence-corrected chi connectivity index (χ1v) is 9.94. The highest BCUT2D eigenvalue weighted by molar-refractivity contribution is 7.89. The highest BCUT2D eigenvalue weighted by Crippen LogP contribution is 2.29. The van der Waals surface area contributed by atoms with Gasteiger partial charge < -0.3 is 10.1 Å². The molecule has 1 saturated carbocycles. The molecular weight excluding hydrogens is 376 g/mol. The third-order valence-corrected chi connectivity index (χ3v) is 5.83. The Balaban J connectivity index is 1.90. The molecule has 8 heteroatoms. The first-order valence-electron chi connectivity index (χ1n) is 8.08. The maximum absolute atomic E-state index is 12.6. The zero-order chi connectivity index (χ0) is 18.9. The van der Waals surface area contributed by atoms with E-state index in [1.807, 2.05) is 6.92 Å². The average molecular weight is 395 g/mol. The van der Waals surface area contributed by atoms with Crippen molar-refractivity contribution in [2.24, 2.45) is 0 Å². The highest BCUT2D eigenvalue weighted by atomic mass is 35.5. The van der Waals surface area contributed by atoms with Crippen LogP contribution in [0.15, 0.2) is 41.3 Å². The molecule has 0 aromatic heterocycles. The van der Waals surface area contributed by atoms with Crippen LogP contribution in [0.3, 0.4) is 0 Å². The lowest BCUT2D eigenvalue weighted by atomic mass is 10.1. The number of carbonyl (C=O) groups is 1. The molecule has 1 aliphatic carbocycles. The number of halogens is 1. The van der Waals surface area contributed by atoms with Crippen molar-refractivity contribution in [1.82, 2.24) is 4.72 Å². The van der Waals surface area contributed by atoms with Gasteiger partial charge in [0.25, 0.3) is 5.91 Å². The normalized spacial score (nSPS) is 14.1. The van der Waals surface area contributed by atoms with Crippen molar-refractivity contribution >= 4 is 33.2 Å². The fourth-order valence-electron chi connectivity index (χ4n) is 2.47. The van der Waals surface area contributed by atoms with Crippen LogP contribution in [0.2, 0.25) is 5.02 Å². The molecule has 0 radical (unpaired) electrons. The van der Waals surface area contributed by atoms with Crippen molar-refractivity contribution in [2.75, 3.05) is 12.4 Å². The van der Waals surface area contributed by atoms with Crippen LogP contribution in [0.4, 0.5) is 5.69 Å². The highest BCUT2D eigenvalue weighted by Gasteiger charge is 2.30. The molecule has 1 aliphatic rings. The van der Waals surface area contributed by atoms with Crippen LogP contribution in [0.1, 0.15) is 28.8 Å². The van der Waals surface area contributed by atoms with Crippen LogP contribution >= 0.6 is 11.6 Å². The van der Waals surface area contributed by atoms with E-state index in [-0.39, 0.29) is 22.3 Å². The molecule has 0 unspecified atom stereocenters. The minimum absolute atomic E-state index is 0.0427. The number of amides is 1. The van der Waals surface area contributed by atoms with Gasteiger partial charge in [-0.1, -0.05) is 11.6 Å². The Morgan fingerprint density at radius 1 is 1.19 bits per heavy atom. The van der Waals surface area contributed by atoms with Gasteiger partial charge >= 0.3 is 0 Å². The second-order valence-electron chi connectivity index (χ2n) is 6.17. The largest absolute Gasteiger partial charge is 0.495 e. The quantitative estimate of drug-likeness (QED) is 0.786. The topological polar surface area (TPSA) is 84.5 Å². The molecule has 3 rings (SSSR count). The fraction of sp³-hybridized carbons (Fsp3) is 0.278. The second kappa shape index (κ2) is 7.26. The zero-order valence-electron chi connectivity index (χ0n) is 14.4. The molecule has 0 saturated heterocycles. The van der Waals surface area contributed by atoms with Gasteiger partial charge in [-0.05, 0) is 61.7 Å². The number of methoxy groups -OCH3 is 1. The summed E-state index contributed by atoms with van der Waals surface area (Å²) in [4.78, 5) is 12.5. The number of benzene rings is 2. The van der Waals surface area contributed by atoms with E-state index < -0.39 is 15.9 Å². The predicted molar refractivity (Wildman–Crippen MR) is 100 cm³/mol. The van der Waals surface area contributed by atoms with Crippen molar-refractivity contribution in [2.45, 2.75) is 30.7 Å². The molecule has 2 aromatic rings. The van der Waals surface area contributed by atoms with E-state index in [1.165, 1.54) is 25.3 Å². The number of hydrogen-bond donors (Lipinski definition) is 2. The Morgan fingerprint density at radius 2 is 1.92 bits per heavy atom. The van der Waals surface area contributed by atoms with E-state index in [2.05, 4.69) is 10.0 Å². The van der Waals surface area contributed by atoms with Crippen molar-refractivity contribution in [3.8, 4) is 5.75 Å². The van der Waals surface area contributed by atoms with Gasteiger partial charge in [-0.15, -0.1) is 0 Å². The number of anilines is 1. The smallest absolute Gasteiger partial charge is 0.255 e. The Bertz CT molecular complexity index is 956. The first kappa shape index (κ1) is 18.7. The summed E-state index contributed by atoms with van der Waals surface area (Å²) in [6.07, 6.45) is 1.63. The van der Waals surface area contributed by atoms with Gasteiger partial charge in [-0.2, -0.15) is 0 Å². The third-order valence-electron chi connectivity index (χ3n) is 4.05. The van der Waals surface area contributed by atoms with Gasteiger partial charge in [0.05, 0.1) is 7.11 Å². The molecule has 2 N–H and O–H groups in total. The lowest BCUT2D eigenvalue weighted by Crippen LogP contribution is -2.26. The van der Waals surface area contributed by atoms with Crippen molar-refractivity contribution in [1.29, 1.82) is 0 Å². The molecule has 2 aromatic carbocycles. The molecule has 1 fully saturated rings. The third kappa shape index (κ3) is 4.17. The van der Waals surface area contributed by atoms with Crippen LogP contribution in [0, 0.1) is 6.92 Å². The van der Waals surface area contributed by atoms with Gasteiger partial charge in [0.15, 0.2) is 0 Å². The molecule has 0 spiro atoms. The van der Waals surface area contributed by atoms with Gasteiger partial charge in [0, 0.05) is 22.3 Å². The monoisotopic (exact) mass is 394 g/mol. The summed E-state index contributed by atoms with van der Waals surface area (Å²) in [6.45, 7) is 1.82. The van der Waals surface area contributed by atoms with E-state index in [4.69, 9.17) is 16.3 Å². The number of nitrogens with one attached hydrogen (secondary N) is 2. The van der Waals surface area contributed by atoms with Gasteiger partial charge in [0.1, 0.15) is 10.6 Å². The average Bonchev–Trinajstić information content (AvgIpc) is 3.40. The summed E-state index contributed by atoms with van der Waals surface area (Å²) in [6, 6.07) is 9.39. The van der Waals surface area contributed by atoms with Crippen LogP contribution in [0.25, 0.3) is 0 Å². The van der Waals surface area contributed by atoms with E-state index in [9.17, 15) is 13.2 Å². The van der Waals surface area contributed by atoms with Crippen LogP contribution < -0.4 is 14.8 Å². The molecule has 0 aliphatic heterocycles. The number of aryl methyl sites for hydroxylation is 1. The minimum atomic E-state index is -3.75. The van der Waals surface area contributed by atoms with E-state index in [0.29, 0.717) is 10.7 Å². The van der Waals surface area contributed by atoms with Gasteiger partial charge in [0.2, 0.25) is 10.0 Å². The summed E-state index contributed by atoms with van der Waals surface area (Å²) >= 11 is 5.92. The van der Waals surface area contributed by atoms with Crippen molar-refractivity contribution < 1.29 is 17.9 Å². The molecule has 0 atom stereocenters. The summed E-state index contributed by atoms with van der Waals surface area (Å²) in [5.74, 6) is -0.224. The Morgan fingerprint density at radius 3 is 2.54 bits per heavy atom. The predicted octanol–water partition coefficient (Wildman–Crippen LogP) is 3.35. The maximum atomic E-state index is 12.6. The number of sulfonamides is 1. The molecule has 0 heterocycles. The Hall–Kier alpha value is -2.09. The summed E-state index contributed by atoms with van der Waals surface area (Å²) < 4.78 is 32.9. The number of hydrogen-bond acceptors (Lipinski definition) is 4. The zero-order valence-corrected chi connectivity index (χ0v) is 15.9. The summed E-state index contributed by atoms with van der Waals surface area (Å²) in [5.41, 5.74) is 1.63. The van der Waals surface area contributed by atoms with E-state index in [0.717, 1.165) is 18.4 Å². The number of carbonyl (C=O) groups excluding carboxylic acids is 1. The van der Waals surface area contributed by atoms with Crippen molar-refractivity contribution in [3.05, 3.63) is 52.5 Å². The van der Waals surface area contributed by atoms with Crippen LogP contribution in [-0.2, 0) is 10.0 Å². The fourth-order valence-corrected chi connectivity index (χ4v) is 4.20. The van der Waals surface area contributed by atoms with E-state index in [1.54, 1.807) is 18.2 Å². The molecule has 26 heavy (non-hydrogen) atoms. The molecule has 138 valence electrons. The van der Waals surface area contributed by atoms with Gasteiger partial charge in [-0.25, -0.2) is 13.1 Å². The lowest BCUT2D eigenvalue weighted by Gasteiger charge is -2.13. The van der Waals surface area contributed by atoms with E-state index >= 15 is 0 Å². The minimum Gasteiger partial charge on any atom is -0.495 e. The maximum Gasteiger partial charge on any atom is 0.255 e.